The average molecular weight is 472 g/mol. The molecule has 0 bridgehead atoms. The highest BCUT2D eigenvalue weighted by Gasteiger charge is 1.99. The molecule has 0 aliphatic heterocycles. The molecule has 0 heterocycles. The number of ether oxygens (including phenoxy) is 4. The van der Waals surface area contributed by atoms with E-state index in [4.69, 9.17) is 42.1 Å². The van der Waals surface area contributed by atoms with Gasteiger partial charge in [-0.15, -0.1) is 23.2 Å². The highest BCUT2D eigenvalue weighted by atomic mass is 35.5. The molecule has 0 fully saturated rings. The molecule has 0 amide bonds. The summed E-state index contributed by atoms with van der Waals surface area (Å²) in [6.45, 7) is 5.18. The zero-order chi connectivity index (χ0) is 20.1. The quantitative estimate of drug-likeness (QED) is 0.203. The lowest BCUT2D eigenvalue weighted by molar-refractivity contribution is 0.0602. The molecule has 8 heteroatoms. The Labute approximate surface area is 188 Å². The number of rotatable bonds is 20. The minimum Gasteiger partial charge on any atom is -0.378 e. The summed E-state index contributed by atoms with van der Waals surface area (Å²) in [6, 6.07) is 8.81. The van der Waals surface area contributed by atoms with Crippen LogP contribution >= 0.6 is 46.7 Å². The smallest absolute Gasteiger partial charge is 0.0701 e. The van der Waals surface area contributed by atoms with Crippen molar-refractivity contribution in [1.29, 1.82) is 0 Å². The number of hydrogen-bond acceptors (Lipinski definition) is 6. The Morgan fingerprint density at radius 2 is 1.04 bits per heavy atom. The van der Waals surface area contributed by atoms with Gasteiger partial charge in [0.2, 0.25) is 0 Å². The largest absolute Gasteiger partial charge is 0.378 e. The van der Waals surface area contributed by atoms with Crippen molar-refractivity contribution in [3.8, 4) is 0 Å². The number of thioether (sulfide) groups is 2. The Morgan fingerprint density at radius 3 is 1.46 bits per heavy atom. The van der Waals surface area contributed by atoms with Gasteiger partial charge in [0.25, 0.3) is 0 Å². The van der Waals surface area contributed by atoms with Crippen LogP contribution < -0.4 is 0 Å². The van der Waals surface area contributed by atoms with Gasteiger partial charge in [-0.05, 0) is 11.1 Å². The summed E-state index contributed by atoms with van der Waals surface area (Å²) in [6.07, 6.45) is 0. The summed E-state index contributed by atoms with van der Waals surface area (Å²) in [5.74, 6) is 5.06. The van der Waals surface area contributed by atoms with Gasteiger partial charge in [-0.3, -0.25) is 0 Å². The van der Waals surface area contributed by atoms with Crippen LogP contribution in [-0.2, 0) is 30.5 Å². The second-order valence-corrected chi connectivity index (χ2v) is 8.72. The Morgan fingerprint density at radius 1 is 0.607 bits per heavy atom. The lowest BCUT2D eigenvalue weighted by Gasteiger charge is -2.07. The van der Waals surface area contributed by atoms with E-state index < -0.39 is 0 Å². The minimum atomic E-state index is 0.534. The Kier molecular flexibility index (Phi) is 19.4. The van der Waals surface area contributed by atoms with Crippen molar-refractivity contribution >= 4 is 46.7 Å². The predicted octanol–water partition coefficient (Wildman–Crippen LogP) is 4.70. The molecule has 0 N–H and O–H groups in total. The molecule has 0 unspecified atom stereocenters. The van der Waals surface area contributed by atoms with Gasteiger partial charge >= 0.3 is 0 Å². The van der Waals surface area contributed by atoms with E-state index in [2.05, 4.69) is 24.3 Å². The van der Waals surface area contributed by atoms with Gasteiger partial charge in [0.05, 0.1) is 52.9 Å². The third kappa shape index (κ3) is 16.2. The highest BCUT2D eigenvalue weighted by molar-refractivity contribution is 7.98. The van der Waals surface area contributed by atoms with Gasteiger partial charge in [0.15, 0.2) is 0 Å². The van der Waals surface area contributed by atoms with Crippen LogP contribution in [0.1, 0.15) is 11.1 Å². The third-order valence-electron chi connectivity index (χ3n) is 3.46. The van der Waals surface area contributed by atoms with Crippen LogP contribution in [0.5, 0.6) is 0 Å². The zero-order valence-corrected chi connectivity index (χ0v) is 19.6. The van der Waals surface area contributed by atoms with Gasteiger partial charge in [0.1, 0.15) is 0 Å². The Hall–Kier alpha value is 0.340. The van der Waals surface area contributed by atoms with Crippen molar-refractivity contribution in [3.05, 3.63) is 35.4 Å². The summed E-state index contributed by atoms with van der Waals surface area (Å²) in [5, 5.41) is 0. The number of hydrogen-bond donors (Lipinski definition) is 0. The van der Waals surface area contributed by atoms with Crippen LogP contribution in [0.25, 0.3) is 0 Å². The normalized spacial score (nSPS) is 11.2. The van der Waals surface area contributed by atoms with Crippen LogP contribution in [0.15, 0.2) is 24.3 Å². The molecule has 1 aromatic carbocycles. The molecule has 162 valence electrons. The fraction of sp³-hybridized carbons (Fsp3) is 0.700. The summed E-state index contributed by atoms with van der Waals surface area (Å²) < 4.78 is 21.6. The molecule has 0 radical (unpaired) electrons. The van der Waals surface area contributed by atoms with Crippen LogP contribution in [0, 0.1) is 0 Å². The molecule has 1 rings (SSSR count). The first-order valence-electron chi connectivity index (χ1n) is 9.53. The first kappa shape index (κ1) is 26.4. The molecule has 1 aromatic rings. The van der Waals surface area contributed by atoms with Gasteiger partial charge in [0, 0.05) is 34.8 Å². The van der Waals surface area contributed by atoms with Crippen molar-refractivity contribution in [1.82, 2.24) is 0 Å². The van der Waals surface area contributed by atoms with E-state index in [0.717, 1.165) is 36.2 Å². The Balaban J connectivity index is 2.00. The van der Waals surface area contributed by atoms with E-state index in [1.807, 2.05) is 23.5 Å². The summed E-state index contributed by atoms with van der Waals surface area (Å²) >= 11 is 14.9. The van der Waals surface area contributed by atoms with Crippen LogP contribution in [-0.4, -0.2) is 76.1 Å². The van der Waals surface area contributed by atoms with Gasteiger partial charge in [-0.1, -0.05) is 24.3 Å². The summed E-state index contributed by atoms with van der Waals surface area (Å²) in [7, 11) is 0. The van der Waals surface area contributed by atoms with Gasteiger partial charge in [-0.25, -0.2) is 0 Å². The van der Waals surface area contributed by atoms with Crippen LogP contribution in [0.2, 0.25) is 0 Å². The summed E-state index contributed by atoms with van der Waals surface area (Å²) in [5.41, 5.74) is 2.72. The maximum Gasteiger partial charge on any atom is 0.0701 e. The first-order valence-corrected chi connectivity index (χ1v) is 12.9. The fourth-order valence-electron chi connectivity index (χ4n) is 2.18. The second kappa shape index (κ2) is 20.6. The predicted molar refractivity (Wildman–Crippen MR) is 123 cm³/mol. The molecule has 0 aliphatic carbocycles. The number of benzene rings is 1. The van der Waals surface area contributed by atoms with Crippen molar-refractivity contribution in [2.75, 3.05) is 76.1 Å². The molecule has 0 saturated carbocycles. The molecule has 4 nitrogen and oxygen atoms in total. The van der Waals surface area contributed by atoms with Crippen molar-refractivity contribution in [2.45, 2.75) is 11.5 Å². The maximum atomic E-state index is 5.54. The van der Waals surface area contributed by atoms with Crippen LogP contribution in [0.4, 0.5) is 0 Å². The van der Waals surface area contributed by atoms with Crippen molar-refractivity contribution in [3.63, 3.8) is 0 Å². The molecule has 0 aliphatic rings. The molecular formula is C20H32Cl2O4S2. The molecule has 0 atom stereocenters. The molecule has 0 saturated heterocycles. The molecule has 28 heavy (non-hydrogen) atoms. The standard InChI is InChI=1S/C20H32Cl2O4S2/c21-4-6-23-8-10-25-12-14-27-17-19-2-1-3-20(16-19)18-28-15-13-26-11-9-24-7-5-22/h1-3,16H,4-15,17-18H2. The number of alkyl halides is 2. The van der Waals surface area contributed by atoms with E-state index in [1.165, 1.54) is 11.1 Å². The monoisotopic (exact) mass is 470 g/mol. The lowest BCUT2D eigenvalue weighted by atomic mass is 10.2. The van der Waals surface area contributed by atoms with E-state index in [-0.39, 0.29) is 0 Å². The minimum absolute atomic E-state index is 0.534. The Bertz CT molecular complexity index is 432. The summed E-state index contributed by atoms with van der Waals surface area (Å²) in [4.78, 5) is 0. The highest BCUT2D eigenvalue weighted by Crippen LogP contribution is 2.17. The fourth-order valence-corrected chi connectivity index (χ4v) is 3.99. The van der Waals surface area contributed by atoms with Crippen molar-refractivity contribution < 1.29 is 18.9 Å². The topological polar surface area (TPSA) is 36.9 Å². The van der Waals surface area contributed by atoms with Gasteiger partial charge < -0.3 is 18.9 Å². The second-order valence-electron chi connectivity index (χ2n) is 5.75. The maximum absolute atomic E-state index is 5.54. The molecular weight excluding hydrogens is 439 g/mol. The average Bonchev–Trinajstić information content (AvgIpc) is 2.72. The van der Waals surface area contributed by atoms with E-state index >= 15 is 0 Å². The third-order valence-corrected chi connectivity index (χ3v) is 5.75. The van der Waals surface area contributed by atoms with Gasteiger partial charge in [-0.2, -0.15) is 23.5 Å². The van der Waals surface area contributed by atoms with E-state index in [1.54, 1.807) is 0 Å². The first-order chi connectivity index (χ1) is 13.9. The zero-order valence-electron chi connectivity index (χ0n) is 16.4. The molecule has 0 spiro atoms. The van der Waals surface area contributed by atoms with E-state index in [9.17, 15) is 0 Å². The van der Waals surface area contributed by atoms with Crippen LogP contribution in [0.3, 0.4) is 0 Å². The number of halogens is 2. The van der Waals surface area contributed by atoms with E-state index in [0.29, 0.717) is 51.4 Å². The lowest BCUT2D eigenvalue weighted by Crippen LogP contribution is -2.07. The van der Waals surface area contributed by atoms with Crippen molar-refractivity contribution in [2.24, 2.45) is 0 Å². The molecule has 0 aromatic heterocycles. The SMILES string of the molecule is ClCCOCCOCCSCc1cccc(CSCCOCCOCCCl)c1.